The first-order valence-corrected chi connectivity index (χ1v) is 12.0. The molecular weight excluding hydrogens is 452 g/mol. The fourth-order valence-corrected chi connectivity index (χ4v) is 5.82. The third-order valence-corrected chi connectivity index (χ3v) is 7.48. The molecule has 1 aromatic heterocycles. The molecule has 2 heterocycles. The predicted molar refractivity (Wildman–Crippen MR) is 132 cm³/mol. The standard InChI is InChI=1S/C27H19ClN2O2S/c28-19-10-7-18(8-11-19)25-22-14-9-17-3-1-2-4-21(17)24(22)29-27-30(25)26(32)23(33-27)15-16-5-12-20(31)13-6-16/h1-8,10-13,15,25,31H,9,14H2. The number of thiazole rings is 1. The highest BCUT2D eigenvalue weighted by Gasteiger charge is 2.32. The molecule has 0 bridgehead atoms. The van der Waals surface area contributed by atoms with E-state index in [1.165, 1.54) is 22.5 Å². The Morgan fingerprint density at radius 3 is 2.55 bits per heavy atom. The van der Waals surface area contributed by atoms with Crippen LogP contribution >= 0.6 is 22.9 Å². The summed E-state index contributed by atoms with van der Waals surface area (Å²) in [6.45, 7) is 0. The van der Waals surface area contributed by atoms with Crippen molar-refractivity contribution < 1.29 is 5.11 Å². The van der Waals surface area contributed by atoms with E-state index in [0.29, 0.717) is 14.4 Å². The number of nitrogens with zero attached hydrogens (tertiary/aromatic N) is 2. The minimum Gasteiger partial charge on any atom is -0.508 e. The van der Waals surface area contributed by atoms with Crippen LogP contribution in [0.1, 0.15) is 34.7 Å². The van der Waals surface area contributed by atoms with Crippen LogP contribution in [0.15, 0.2) is 88.2 Å². The molecular formula is C27H19ClN2O2S. The van der Waals surface area contributed by atoms with Crippen LogP contribution in [0.5, 0.6) is 5.75 Å². The second-order valence-electron chi connectivity index (χ2n) is 8.26. The van der Waals surface area contributed by atoms with Crippen LogP contribution in [0.25, 0.3) is 11.8 Å². The quantitative estimate of drug-likeness (QED) is 0.462. The summed E-state index contributed by atoms with van der Waals surface area (Å²) >= 11 is 7.57. The molecule has 0 fully saturated rings. The second-order valence-corrected chi connectivity index (χ2v) is 9.70. The van der Waals surface area contributed by atoms with Crippen LogP contribution in [-0.2, 0) is 6.42 Å². The van der Waals surface area contributed by atoms with E-state index in [2.05, 4.69) is 18.2 Å². The Balaban J connectivity index is 1.62. The lowest BCUT2D eigenvalue weighted by Gasteiger charge is -2.30. The first kappa shape index (κ1) is 20.2. The SMILES string of the molecule is O=c1c(=Cc2ccc(O)cc2)sc2n1C(c1ccc(Cl)cc1)C1=C(N=2)c2ccccc2CC1. The van der Waals surface area contributed by atoms with Gasteiger partial charge in [-0.1, -0.05) is 71.5 Å². The third-order valence-electron chi connectivity index (χ3n) is 6.25. The first-order chi connectivity index (χ1) is 16.1. The molecule has 162 valence electrons. The molecule has 3 aromatic carbocycles. The molecule has 2 aliphatic rings. The number of benzene rings is 3. The molecule has 1 unspecified atom stereocenters. The van der Waals surface area contributed by atoms with E-state index in [4.69, 9.17) is 16.6 Å². The molecule has 4 nitrogen and oxygen atoms in total. The number of phenolic OH excluding ortho intramolecular Hbond substituents is 1. The van der Waals surface area contributed by atoms with E-state index < -0.39 is 0 Å². The molecule has 0 saturated heterocycles. The van der Waals surface area contributed by atoms with E-state index in [9.17, 15) is 9.90 Å². The summed E-state index contributed by atoms with van der Waals surface area (Å²) in [5, 5.41) is 10.3. The van der Waals surface area contributed by atoms with E-state index in [-0.39, 0.29) is 17.4 Å². The number of halogens is 1. The third kappa shape index (κ3) is 3.45. The largest absolute Gasteiger partial charge is 0.508 e. The number of rotatable bonds is 2. The van der Waals surface area contributed by atoms with Gasteiger partial charge < -0.3 is 5.11 Å². The second kappa shape index (κ2) is 7.87. The minimum atomic E-state index is -0.219. The predicted octanol–water partition coefficient (Wildman–Crippen LogP) is 4.68. The van der Waals surface area contributed by atoms with Crippen LogP contribution in [0.3, 0.4) is 0 Å². The van der Waals surface area contributed by atoms with Crippen LogP contribution in [0, 0.1) is 0 Å². The monoisotopic (exact) mass is 470 g/mol. The first-order valence-electron chi connectivity index (χ1n) is 10.8. The highest BCUT2D eigenvalue weighted by molar-refractivity contribution is 7.07. The fraction of sp³-hybridized carbons (Fsp3) is 0.111. The smallest absolute Gasteiger partial charge is 0.271 e. The van der Waals surface area contributed by atoms with Crippen molar-refractivity contribution in [1.29, 1.82) is 0 Å². The molecule has 1 N–H and O–H groups in total. The summed E-state index contributed by atoms with van der Waals surface area (Å²) in [5.41, 5.74) is 6.41. The van der Waals surface area contributed by atoms with Crippen molar-refractivity contribution in [3.8, 4) is 5.75 Å². The zero-order chi connectivity index (χ0) is 22.5. The molecule has 4 aromatic rings. The van der Waals surface area contributed by atoms with Gasteiger partial charge in [0.05, 0.1) is 16.3 Å². The van der Waals surface area contributed by atoms with Gasteiger partial charge in [0.25, 0.3) is 5.56 Å². The minimum absolute atomic E-state index is 0.0582. The van der Waals surface area contributed by atoms with Crippen LogP contribution in [-0.4, -0.2) is 9.67 Å². The molecule has 0 spiro atoms. The van der Waals surface area contributed by atoms with Crippen molar-refractivity contribution in [2.24, 2.45) is 4.99 Å². The zero-order valence-corrected chi connectivity index (χ0v) is 19.1. The molecule has 0 radical (unpaired) electrons. The van der Waals surface area contributed by atoms with Crippen LogP contribution < -0.4 is 14.9 Å². The summed E-state index contributed by atoms with van der Waals surface area (Å²) in [6, 6.07) is 22.8. The number of phenols is 1. The maximum Gasteiger partial charge on any atom is 0.271 e. The Hall–Kier alpha value is -3.41. The number of allylic oxidation sites excluding steroid dienone is 1. The molecule has 1 aliphatic carbocycles. The van der Waals surface area contributed by atoms with E-state index >= 15 is 0 Å². The maximum atomic E-state index is 13.6. The van der Waals surface area contributed by atoms with E-state index in [1.54, 1.807) is 24.3 Å². The summed E-state index contributed by atoms with van der Waals surface area (Å²) < 4.78 is 2.44. The number of aromatic nitrogens is 1. The number of aromatic hydroxyl groups is 1. The fourth-order valence-electron chi connectivity index (χ4n) is 4.69. The lowest BCUT2D eigenvalue weighted by molar-refractivity contribution is 0.475. The summed E-state index contributed by atoms with van der Waals surface area (Å²) in [6.07, 6.45) is 3.64. The van der Waals surface area contributed by atoms with Gasteiger partial charge in [0.2, 0.25) is 0 Å². The van der Waals surface area contributed by atoms with Gasteiger partial charge in [0, 0.05) is 10.6 Å². The number of fused-ring (bicyclic) bond motifs is 3. The molecule has 33 heavy (non-hydrogen) atoms. The zero-order valence-electron chi connectivity index (χ0n) is 17.5. The van der Waals surface area contributed by atoms with Gasteiger partial charge >= 0.3 is 0 Å². The topological polar surface area (TPSA) is 54.6 Å². The van der Waals surface area contributed by atoms with Crippen molar-refractivity contribution in [3.05, 3.63) is 125 Å². The van der Waals surface area contributed by atoms with Gasteiger partial charge in [-0.05, 0) is 65.4 Å². The normalized spacial score (nSPS) is 17.2. The number of aryl methyl sites for hydroxylation is 1. The van der Waals surface area contributed by atoms with Gasteiger partial charge in [-0.15, -0.1) is 0 Å². The van der Waals surface area contributed by atoms with E-state index in [0.717, 1.165) is 35.2 Å². The Morgan fingerprint density at radius 2 is 1.76 bits per heavy atom. The number of hydrogen-bond donors (Lipinski definition) is 1. The van der Waals surface area contributed by atoms with Crippen molar-refractivity contribution in [2.75, 3.05) is 0 Å². The average molecular weight is 471 g/mol. The molecule has 0 amide bonds. The van der Waals surface area contributed by atoms with Gasteiger partial charge in [-0.25, -0.2) is 4.99 Å². The van der Waals surface area contributed by atoms with Gasteiger partial charge in [-0.3, -0.25) is 9.36 Å². The molecule has 6 heteroatoms. The van der Waals surface area contributed by atoms with Gasteiger partial charge in [0.1, 0.15) is 5.75 Å². The lowest BCUT2D eigenvalue weighted by atomic mass is 9.83. The molecule has 0 saturated carbocycles. The van der Waals surface area contributed by atoms with Crippen LogP contribution in [0.4, 0.5) is 0 Å². The lowest BCUT2D eigenvalue weighted by Crippen LogP contribution is -2.38. The molecule has 6 rings (SSSR count). The maximum absolute atomic E-state index is 13.6. The highest BCUT2D eigenvalue weighted by atomic mass is 35.5. The highest BCUT2D eigenvalue weighted by Crippen LogP contribution is 2.41. The van der Waals surface area contributed by atoms with Crippen molar-refractivity contribution >= 4 is 34.7 Å². The molecule has 1 aliphatic heterocycles. The summed E-state index contributed by atoms with van der Waals surface area (Å²) in [7, 11) is 0. The Kier molecular flexibility index (Phi) is 4.82. The van der Waals surface area contributed by atoms with Crippen molar-refractivity contribution in [2.45, 2.75) is 18.9 Å². The Morgan fingerprint density at radius 1 is 1.00 bits per heavy atom. The van der Waals surface area contributed by atoms with E-state index in [1.807, 2.05) is 41.0 Å². The molecule has 1 atom stereocenters. The Labute approximate surface area is 199 Å². The summed E-state index contributed by atoms with van der Waals surface area (Å²) in [5.74, 6) is 0.197. The van der Waals surface area contributed by atoms with Crippen molar-refractivity contribution in [1.82, 2.24) is 4.57 Å². The number of hydrogen-bond acceptors (Lipinski definition) is 4. The summed E-state index contributed by atoms with van der Waals surface area (Å²) in [4.78, 5) is 19.3. The van der Waals surface area contributed by atoms with Gasteiger partial charge in [-0.2, -0.15) is 0 Å². The van der Waals surface area contributed by atoms with Gasteiger partial charge in [0.15, 0.2) is 4.80 Å². The van der Waals surface area contributed by atoms with Crippen molar-refractivity contribution in [3.63, 3.8) is 0 Å². The van der Waals surface area contributed by atoms with Crippen LogP contribution in [0.2, 0.25) is 5.02 Å². The Bertz CT molecular complexity index is 1600. The average Bonchev–Trinajstić information content (AvgIpc) is 3.14.